The van der Waals surface area contributed by atoms with Crippen LogP contribution >= 0.6 is 23.2 Å². The SMILES string of the molecule is CC1=NN(c2ccc(Cl)cc2)C(=O)C1C(c1cccc([N+](=O)[O-])c1)c1c(C)[nH]n(-c2ccc(Cl)cc2)c1=O. The summed E-state index contributed by atoms with van der Waals surface area (Å²) in [4.78, 5) is 38.8. The number of anilines is 1. The van der Waals surface area contributed by atoms with Crippen molar-refractivity contribution >= 4 is 46.2 Å². The third-order valence-corrected chi connectivity index (χ3v) is 7.04. The zero-order valence-corrected chi connectivity index (χ0v) is 21.8. The van der Waals surface area contributed by atoms with Gasteiger partial charge in [-0.25, -0.2) is 9.69 Å². The van der Waals surface area contributed by atoms with Crippen LogP contribution in [0.5, 0.6) is 0 Å². The molecule has 11 heteroatoms. The number of aromatic amines is 1. The van der Waals surface area contributed by atoms with Gasteiger partial charge in [-0.3, -0.25) is 24.8 Å². The Labute approximate surface area is 227 Å². The Morgan fingerprint density at radius 3 is 2.16 bits per heavy atom. The third kappa shape index (κ3) is 4.51. The van der Waals surface area contributed by atoms with E-state index in [0.29, 0.717) is 44.0 Å². The van der Waals surface area contributed by atoms with Gasteiger partial charge in [-0.1, -0.05) is 35.3 Å². The first kappa shape index (κ1) is 25.4. The summed E-state index contributed by atoms with van der Waals surface area (Å²) in [6.45, 7) is 3.44. The van der Waals surface area contributed by atoms with Crippen molar-refractivity contribution in [2.24, 2.45) is 11.0 Å². The number of H-pyrrole nitrogens is 1. The summed E-state index contributed by atoms with van der Waals surface area (Å²) in [5.74, 6) is -2.09. The first-order chi connectivity index (χ1) is 18.2. The number of nitrogens with zero attached hydrogens (tertiary/aromatic N) is 4. The highest BCUT2D eigenvalue weighted by molar-refractivity contribution is 6.31. The highest BCUT2D eigenvalue weighted by Crippen LogP contribution is 2.39. The predicted octanol–water partition coefficient (Wildman–Crippen LogP) is 5.86. The van der Waals surface area contributed by atoms with Gasteiger partial charge in [0.25, 0.3) is 17.2 Å². The van der Waals surface area contributed by atoms with Crippen LogP contribution in [0.4, 0.5) is 11.4 Å². The van der Waals surface area contributed by atoms with Gasteiger partial charge in [-0.15, -0.1) is 0 Å². The molecule has 2 unspecified atom stereocenters. The molecule has 1 aliphatic rings. The van der Waals surface area contributed by atoms with Crippen LogP contribution in [-0.2, 0) is 4.79 Å². The highest BCUT2D eigenvalue weighted by Gasteiger charge is 2.44. The maximum Gasteiger partial charge on any atom is 0.275 e. The molecule has 4 aromatic rings. The smallest absolute Gasteiger partial charge is 0.275 e. The van der Waals surface area contributed by atoms with E-state index in [0.717, 1.165) is 0 Å². The minimum atomic E-state index is -0.881. The number of non-ortho nitro benzene ring substituents is 1. The van der Waals surface area contributed by atoms with Crippen LogP contribution in [0.25, 0.3) is 5.69 Å². The number of amides is 1. The lowest BCUT2D eigenvalue weighted by Gasteiger charge is -2.23. The van der Waals surface area contributed by atoms with Crippen LogP contribution in [0.3, 0.4) is 0 Å². The van der Waals surface area contributed by atoms with Crippen molar-refractivity contribution in [3.8, 4) is 5.69 Å². The van der Waals surface area contributed by atoms with Crippen LogP contribution in [0.2, 0.25) is 10.0 Å². The largest absolute Gasteiger partial charge is 0.295 e. The number of rotatable bonds is 6. The number of aryl methyl sites for hydroxylation is 1. The number of nitro groups is 1. The molecule has 0 spiro atoms. The van der Waals surface area contributed by atoms with Crippen LogP contribution < -0.4 is 10.6 Å². The van der Waals surface area contributed by atoms with E-state index in [4.69, 9.17) is 23.2 Å². The monoisotopic (exact) mass is 549 g/mol. The number of nitrogens with one attached hydrogen (secondary N) is 1. The van der Waals surface area contributed by atoms with Crippen molar-refractivity contribution in [1.29, 1.82) is 0 Å². The second-order valence-corrected chi connectivity index (χ2v) is 9.82. The summed E-state index contributed by atoms with van der Waals surface area (Å²) in [6, 6.07) is 19.4. The lowest BCUT2D eigenvalue weighted by molar-refractivity contribution is -0.384. The molecule has 192 valence electrons. The molecule has 0 radical (unpaired) electrons. The van der Waals surface area contributed by atoms with Crippen molar-refractivity contribution in [2.75, 3.05) is 5.01 Å². The van der Waals surface area contributed by atoms with Crippen molar-refractivity contribution in [3.05, 3.63) is 120 Å². The normalized spacial score (nSPS) is 16.0. The zero-order chi connectivity index (χ0) is 27.1. The molecule has 0 saturated heterocycles. The number of carbonyl (C=O) groups excluding carboxylic acids is 1. The first-order valence-electron chi connectivity index (χ1n) is 11.6. The Morgan fingerprint density at radius 2 is 1.55 bits per heavy atom. The van der Waals surface area contributed by atoms with Gasteiger partial charge in [0, 0.05) is 45.1 Å². The summed E-state index contributed by atoms with van der Waals surface area (Å²) in [5, 5.41) is 21.5. The van der Waals surface area contributed by atoms with Crippen LogP contribution in [0.15, 0.2) is 82.7 Å². The second-order valence-electron chi connectivity index (χ2n) is 8.94. The Hall–Kier alpha value is -4.21. The van der Waals surface area contributed by atoms with E-state index in [2.05, 4.69) is 10.2 Å². The Morgan fingerprint density at radius 1 is 0.947 bits per heavy atom. The molecule has 38 heavy (non-hydrogen) atoms. The number of hydrogen-bond acceptors (Lipinski definition) is 5. The molecular formula is C27H21Cl2N5O4. The number of hydrazone groups is 1. The van der Waals surface area contributed by atoms with Crippen LogP contribution in [-0.4, -0.2) is 26.3 Å². The Bertz CT molecular complexity index is 1640. The van der Waals surface area contributed by atoms with Gasteiger partial charge in [0.2, 0.25) is 0 Å². The molecule has 1 N–H and O–H groups in total. The van der Waals surface area contributed by atoms with Gasteiger partial charge in [0.05, 0.1) is 22.2 Å². The van der Waals surface area contributed by atoms with Crippen molar-refractivity contribution in [1.82, 2.24) is 9.78 Å². The van der Waals surface area contributed by atoms with E-state index in [9.17, 15) is 19.7 Å². The van der Waals surface area contributed by atoms with E-state index in [-0.39, 0.29) is 17.2 Å². The van der Waals surface area contributed by atoms with Gasteiger partial charge >= 0.3 is 0 Å². The lowest BCUT2D eigenvalue weighted by atomic mass is 9.78. The number of nitro benzene ring substituents is 1. The maximum atomic E-state index is 13.9. The number of halogens is 2. The molecule has 0 aliphatic carbocycles. The number of hydrogen-bond donors (Lipinski definition) is 1. The van der Waals surface area contributed by atoms with E-state index >= 15 is 0 Å². The molecular weight excluding hydrogens is 529 g/mol. The first-order valence-corrected chi connectivity index (χ1v) is 12.4. The van der Waals surface area contributed by atoms with E-state index < -0.39 is 16.8 Å². The molecule has 1 aromatic heterocycles. The lowest BCUT2D eigenvalue weighted by Crippen LogP contribution is -2.34. The van der Waals surface area contributed by atoms with Crippen LogP contribution in [0.1, 0.15) is 29.7 Å². The average Bonchev–Trinajstić information content (AvgIpc) is 3.36. The van der Waals surface area contributed by atoms with E-state index in [1.54, 1.807) is 74.5 Å². The molecule has 3 aromatic carbocycles. The van der Waals surface area contributed by atoms with E-state index in [1.807, 2.05) is 0 Å². The number of carbonyl (C=O) groups is 1. The van der Waals surface area contributed by atoms with E-state index in [1.165, 1.54) is 21.8 Å². The van der Waals surface area contributed by atoms with Gasteiger partial charge < -0.3 is 0 Å². The highest BCUT2D eigenvalue weighted by atomic mass is 35.5. The van der Waals surface area contributed by atoms with Gasteiger partial charge in [0.15, 0.2) is 0 Å². The van der Waals surface area contributed by atoms with Gasteiger partial charge in [-0.05, 0) is 67.9 Å². The Balaban J connectivity index is 1.68. The standard InChI is InChI=1S/C27H21Cl2N5O4/c1-15-23(26(35)32(30-15)20-10-6-18(28)7-11-20)25(17-4-3-5-22(14-17)34(37)38)24-16(2)31-33(27(24)36)21-12-8-19(29)9-13-21/h3-14,23,25,31H,1-2H3. The molecule has 9 nitrogen and oxygen atoms in total. The quantitative estimate of drug-likeness (QED) is 0.239. The summed E-state index contributed by atoms with van der Waals surface area (Å²) in [7, 11) is 0. The predicted molar refractivity (Wildman–Crippen MR) is 147 cm³/mol. The van der Waals surface area contributed by atoms with Gasteiger partial charge in [0.1, 0.15) is 0 Å². The molecule has 1 amide bonds. The van der Waals surface area contributed by atoms with Crippen molar-refractivity contribution in [2.45, 2.75) is 19.8 Å². The van der Waals surface area contributed by atoms with Crippen molar-refractivity contribution in [3.63, 3.8) is 0 Å². The van der Waals surface area contributed by atoms with Gasteiger partial charge in [-0.2, -0.15) is 5.10 Å². The summed E-state index contributed by atoms with van der Waals surface area (Å²) < 4.78 is 1.37. The molecule has 0 saturated carbocycles. The van der Waals surface area contributed by atoms with Crippen LogP contribution in [0, 0.1) is 23.0 Å². The molecule has 2 atom stereocenters. The maximum absolute atomic E-state index is 13.9. The molecule has 0 bridgehead atoms. The summed E-state index contributed by atoms with van der Waals surface area (Å²) in [6.07, 6.45) is 0. The summed E-state index contributed by atoms with van der Waals surface area (Å²) in [5.41, 5.74) is 2.30. The molecule has 5 rings (SSSR count). The zero-order valence-electron chi connectivity index (χ0n) is 20.3. The fraction of sp³-hybridized carbons (Fsp3) is 0.148. The molecule has 2 heterocycles. The third-order valence-electron chi connectivity index (χ3n) is 6.54. The number of aromatic nitrogens is 2. The topological polar surface area (TPSA) is 114 Å². The fourth-order valence-corrected chi connectivity index (χ4v) is 5.04. The minimum Gasteiger partial charge on any atom is -0.295 e. The fourth-order valence-electron chi connectivity index (χ4n) is 4.79. The molecule has 0 fully saturated rings. The number of benzene rings is 3. The Kier molecular flexibility index (Phi) is 6.64. The summed E-state index contributed by atoms with van der Waals surface area (Å²) >= 11 is 12.0. The molecule has 1 aliphatic heterocycles. The second kappa shape index (κ2) is 9.92. The minimum absolute atomic E-state index is 0.145. The average molecular weight is 550 g/mol. The van der Waals surface area contributed by atoms with Crippen molar-refractivity contribution < 1.29 is 9.72 Å².